The van der Waals surface area contributed by atoms with Gasteiger partial charge in [-0.1, -0.05) is 116 Å². The molecule has 3 aliphatic heterocycles. The van der Waals surface area contributed by atoms with Gasteiger partial charge in [0.2, 0.25) is 100 Å². The number of aromatic nitrogens is 2. The van der Waals surface area contributed by atoms with Crippen LogP contribution in [0.3, 0.4) is 0 Å². The van der Waals surface area contributed by atoms with E-state index in [0.29, 0.717) is 57.8 Å². The number of fused-ring (bicyclic) bond motifs is 4. The van der Waals surface area contributed by atoms with Crippen molar-refractivity contribution >= 4 is 152 Å². The van der Waals surface area contributed by atoms with Crippen LogP contribution < -0.4 is 81.0 Å². The van der Waals surface area contributed by atoms with E-state index in [0.717, 1.165) is 36.3 Å². The zero-order chi connectivity index (χ0) is 106. The maximum atomic E-state index is 16.1. The van der Waals surface area contributed by atoms with Gasteiger partial charge >= 0.3 is 18.1 Å². The third-order valence-electron chi connectivity index (χ3n) is 25.0. The molecule has 0 saturated carbocycles. The summed E-state index contributed by atoms with van der Waals surface area (Å²) in [6.45, 7) is 13.2. The second-order valence-corrected chi connectivity index (χ2v) is 39.5. The molecular weight excluding hydrogens is 1890 g/mol. The standard InChI is InChI=1S/C97H140N22O24S/c1-14-16-26-73-87(133)107-64(37-52(3)4)84(130)113-71(82(128)103-46-78(99)123)50-144-51-79(124)105-67(39-55-30-32-58(120)33-31-55)90(136)114(11)54(7)81(127)109-69(43-77(98)122)92(138)118-36-22-29-74(118)88(134)112-70(45-104-96(142)143-97(8,9)10)86(132)110-66(38-53(5)6)93(139)119-48-59(121)42-76(119)89(135)108-65(40-56-44-102-62-25-20-18-23-60(56)62)85(131)106-63(34-35-101-95(100)141)83(129)111-68(91(137)116(13)75(27-17-15-2)94(140)115(73)12)41-57-47-117(49-80(125)126)72-28-21-19-24-61(57)72/h18-21,23-25,28,30-33,44,47,52-54,59,63-71,73-76,102,120-121H,14-17,22,26-27,29,34-43,45-46,48-51H2,1-13H3,(H2,98,122)(H2,99,123)(H,103,128)(H,104,142)(H,105,124)(H,106,131)(H,107,133)(H,108,135)(H,109,127)(H,110,132)(H,111,129)(H,112,134)(H,113,130)(H,125,126)(H3,100,101,141)/t54-,59+,63-,64-,65-,66-,67-,68-,69-,70-,71-,73-,74-,75-,76-/m0/s1. The number of nitrogens with zero attached hydrogens (tertiary/aromatic N) is 6. The molecule has 47 heteroatoms. The van der Waals surface area contributed by atoms with E-state index in [1.807, 2.05) is 13.8 Å². The first-order valence-corrected chi connectivity index (χ1v) is 49.5. The quantitative estimate of drug-likeness (QED) is 0.0287. The number of nitrogens with one attached hydrogen (secondary N) is 13. The number of hydrogen-bond acceptors (Lipinski definition) is 24. The average Bonchev–Trinajstić information content (AvgIpc) is 1.62. The number of aromatic hydroxyl groups is 1. The minimum Gasteiger partial charge on any atom is -0.508 e. The fraction of sp³-hybridized carbons (Fsp3) is 0.567. The van der Waals surface area contributed by atoms with Crippen molar-refractivity contribution in [3.05, 3.63) is 102 Å². The Bertz CT molecular complexity index is 5450. The van der Waals surface area contributed by atoms with Crippen molar-refractivity contribution in [2.45, 2.75) is 275 Å². The van der Waals surface area contributed by atoms with Crippen molar-refractivity contribution in [3.63, 3.8) is 0 Å². The lowest BCUT2D eigenvalue weighted by Gasteiger charge is -2.36. The van der Waals surface area contributed by atoms with Crippen LogP contribution >= 0.6 is 11.8 Å². The molecule has 3 fully saturated rings. The Balaban J connectivity index is 1.25. The number of likely N-dealkylation sites (N-methyl/N-ethyl adjacent to an activating group) is 3. The Hall–Kier alpha value is -14.2. The number of carbonyl (C=O) groups is 20. The van der Waals surface area contributed by atoms with Gasteiger partial charge in [0.25, 0.3) is 0 Å². The molecule has 0 bridgehead atoms. The van der Waals surface area contributed by atoms with E-state index < -0.39 is 291 Å². The van der Waals surface area contributed by atoms with Crippen molar-refractivity contribution < 1.29 is 116 Å². The van der Waals surface area contributed by atoms with Gasteiger partial charge in [-0.15, -0.1) is 11.8 Å². The number of aliphatic carboxylic acids is 1. The van der Waals surface area contributed by atoms with Gasteiger partial charge < -0.3 is 135 Å². The summed E-state index contributed by atoms with van der Waals surface area (Å²) in [5.74, 6) is -20.1. The lowest BCUT2D eigenvalue weighted by Crippen LogP contribution is -2.62. The molecular formula is C97H140N22O24S. The van der Waals surface area contributed by atoms with E-state index in [1.165, 1.54) is 63.1 Å². The molecule has 3 aliphatic rings. The van der Waals surface area contributed by atoms with E-state index in [2.05, 4.69) is 68.8 Å². The minimum atomic E-state index is -1.84. The molecule has 0 spiro atoms. The molecule has 20 amide bonds. The predicted molar refractivity (Wildman–Crippen MR) is 528 cm³/mol. The van der Waals surface area contributed by atoms with Crippen LogP contribution in [0.4, 0.5) is 9.59 Å². The third-order valence-corrected chi connectivity index (χ3v) is 26.0. The predicted octanol–water partition coefficient (Wildman–Crippen LogP) is -0.963. The number of H-pyrrole nitrogens is 1. The number of aliphatic hydroxyl groups is 1. The molecule has 46 nitrogen and oxygen atoms in total. The number of aromatic amines is 1. The summed E-state index contributed by atoms with van der Waals surface area (Å²) >= 11 is 0.764. The lowest BCUT2D eigenvalue weighted by molar-refractivity contribution is -0.149. The van der Waals surface area contributed by atoms with Crippen molar-refractivity contribution in [2.24, 2.45) is 29.0 Å². The summed E-state index contributed by atoms with van der Waals surface area (Å²) in [5, 5.41) is 64.3. The zero-order valence-corrected chi connectivity index (χ0v) is 84.4. The van der Waals surface area contributed by atoms with Gasteiger partial charge in [0.15, 0.2) is 0 Å². The van der Waals surface area contributed by atoms with Gasteiger partial charge in [-0.25, -0.2) is 9.59 Å². The van der Waals surface area contributed by atoms with E-state index in [-0.39, 0.29) is 76.0 Å². The molecule has 5 aromatic rings. The number of urea groups is 1. The largest absolute Gasteiger partial charge is 0.508 e. The number of carboxylic acid groups (broad SMARTS) is 1. The van der Waals surface area contributed by atoms with E-state index >= 15 is 38.4 Å². The Labute approximate surface area is 838 Å². The molecule has 15 atom stereocenters. The van der Waals surface area contributed by atoms with Crippen LogP contribution in [0.1, 0.15) is 169 Å². The number of aliphatic hydroxyl groups excluding tert-OH is 1. The highest BCUT2D eigenvalue weighted by atomic mass is 32.2. The third kappa shape index (κ3) is 33.5. The van der Waals surface area contributed by atoms with Gasteiger partial charge in [-0.05, 0) is 125 Å². The zero-order valence-electron chi connectivity index (χ0n) is 83.6. The minimum absolute atomic E-state index is 0.0314. The monoisotopic (exact) mass is 2030 g/mol. The highest BCUT2D eigenvalue weighted by Crippen LogP contribution is 2.29. The summed E-state index contributed by atoms with van der Waals surface area (Å²) in [5.41, 5.74) is 17.8. The number of benzene rings is 3. The Morgan fingerprint density at radius 2 is 1.10 bits per heavy atom. The maximum Gasteiger partial charge on any atom is 0.407 e. The van der Waals surface area contributed by atoms with E-state index in [4.69, 9.17) is 21.9 Å². The van der Waals surface area contributed by atoms with Crippen LogP contribution in [0.15, 0.2) is 85.2 Å². The van der Waals surface area contributed by atoms with Crippen molar-refractivity contribution in [2.75, 3.05) is 65.4 Å². The lowest BCUT2D eigenvalue weighted by atomic mass is 9.99. The molecule has 3 saturated heterocycles. The smallest absolute Gasteiger partial charge is 0.407 e. The topological polar surface area (TPSA) is 671 Å². The van der Waals surface area contributed by atoms with Crippen molar-refractivity contribution in [1.29, 1.82) is 0 Å². The number of phenols is 1. The number of nitrogens with two attached hydrogens (primary N) is 3. The molecule has 0 radical (unpaired) electrons. The first-order chi connectivity index (χ1) is 68.0. The average molecular weight is 2030 g/mol. The second kappa shape index (κ2) is 53.8. The molecule has 0 aliphatic carbocycles. The van der Waals surface area contributed by atoms with Gasteiger partial charge in [-0.2, -0.15) is 0 Å². The number of ether oxygens (including phenoxy) is 1. The summed E-state index contributed by atoms with van der Waals surface area (Å²) in [6.07, 6.45) is -1.30. The molecule has 788 valence electrons. The van der Waals surface area contributed by atoms with Gasteiger partial charge in [0, 0.05) is 106 Å². The fourth-order valence-corrected chi connectivity index (χ4v) is 18.3. The SMILES string of the molecule is CCCC[C@H]1C(=O)N(C)[C@@H](CCCC)C(=O)N[C@@H](CC(C)C)C(=O)N[C@H](C(=O)NCC(N)=O)CSCC(=O)N[C@@H](Cc2ccc(O)cc2)C(=O)N(C)[C@@H](C)C(=O)N[C@@H](CC(N)=O)C(=O)N2CCC[C@H]2C(=O)N[C@@H](CNC(=O)OC(C)(C)C)C(=O)N[C@@H](CC(C)C)C(=O)N2C[C@H](O)C[C@H]2C(=O)N[C@@H](Cc2c[nH]c3ccccc23)C(=O)N[C@@H](CCNC(N)=O)C(=O)N[C@@H](Cc2cn(CC(=O)O)c3ccccc23)C(=O)N1C. The number of thioether (sulfide) groups is 1. The number of phenolic OH excluding ortho intramolecular Hbond substituents is 1. The number of primary amides is 3. The van der Waals surface area contributed by atoms with E-state index in [9.17, 15) is 72.9 Å². The first kappa shape index (κ1) is 115. The summed E-state index contributed by atoms with van der Waals surface area (Å²) < 4.78 is 6.89. The molecule has 0 unspecified atom stereocenters. The number of para-hydroxylation sites is 2. The van der Waals surface area contributed by atoms with Crippen LogP contribution in [-0.4, -0.2) is 330 Å². The maximum absolute atomic E-state index is 16.1. The molecule has 22 N–H and O–H groups in total. The molecule has 2 aromatic heterocycles. The number of hydrogen-bond donors (Lipinski definition) is 19. The number of carbonyl (C=O) groups excluding carboxylic acids is 19. The van der Waals surface area contributed by atoms with Crippen LogP contribution in [0.25, 0.3) is 21.8 Å². The molecule has 8 rings (SSSR count). The molecule has 5 heterocycles. The number of unbranched alkanes of at least 4 members (excludes halogenated alkanes) is 2. The normalized spacial score (nSPS) is 24.0. The Morgan fingerprint density at radius 1 is 0.549 bits per heavy atom. The van der Waals surface area contributed by atoms with Crippen LogP contribution in [0, 0.1) is 11.8 Å². The van der Waals surface area contributed by atoms with Gasteiger partial charge in [0.1, 0.15) is 102 Å². The fourth-order valence-electron chi connectivity index (χ4n) is 17.5. The van der Waals surface area contributed by atoms with Crippen LogP contribution in [0.5, 0.6) is 5.75 Å². The first-order valence-electron chi connectivity index (χ1n) is 48.3. The number of rotatable bonds is 28. The van der Waals surface area contributed by atoms with Gasteiger partial charge in [-0.3, -0.25) is 86.3 Å². The number of amides is 20. The Morgan fingerprint density at radius 3 is 1.74 bits per heavy atom. The second-order valence-electron chi connectivity index (χ2n) is 38.5. The number of carboxylic acids is 1. The summed E-state index contributed by atoms with van der Waals surface area (Å²) in [4.78, 5) is 300. The highest BCUT2D eigenvalue weighted by Gasteiger charge is 2.47. The molecule has 144 heavy (non-hydrogen) atoms. The van der Waals surface area contributed by atoms with Crippen molar-refractivity contribution in [1.82, 2.24) is 97.9 Å². The van der Waals surface area contributed by atoms with Crippen LogP contribution in [-0.2, 0) is 117 Å². The van der Waals surface area contributed by atoms with E-state index in [1.54, 1.807) is 103 Å². The Kier molecular flexibility index (Phi) is 43.0. The summed E-state index contributed by atoms with van der Waals surface area (Å²) in [6, 6.07) is -4.82. The molecule has 3 aromatic carbocycles. The summed E-state index contributed by atoms with van der Waals surface area (Å²) in [7, 11) is 3.83. The highest BCUT2D eigenvalue weighted by molar-refractivity contribution is 8.00. The number of alkyl carbamates (subject to hydrolysis) is 1. The van der Waals surface area contributed by atoms with Crippen LogP contribution in [0.2, 0.25) is 0 Å². The van der Waals surface area contributed by atoms with Gasteiger partial charge in [0.05, 0.1) is 31.4 Å². The van der Waals surface area contributed by atoms with Crippen molar-refractivity contribution in [3.8, 4) is 5.75 Å².